The Morgan fingerprint density at radius 2 is 2.00 bits per heavy atom. The van der Waals surface area contributed by atoms with Crippen molar-refractivity contribution in [3.8, 4) is 0 Å². The van der Waals surface area contributed by atoms with Gasteiger partial charge in [-0.05, 0) is 30.2 Å². The summed E-state index contributed by atoms with van der Waals surface area (Å²) in [4.78, 5) is 32.9. The summed E-state index contributed by atoms with van der Waals surface area (Å²) in [6.07, 6.45) is 0.472. The molecule has 0 aliphatic rings. The highest BCUT2D eigenvalue weighted by atomic mass is 35.5. The molecule has 1 N–H and O–H groups in total. The first-order valence-electron chi connectivity index (χ1n) is 6.99. The summed E-state index contributed by atoms with van der Waals surface area (Å²) >= 11 is 11.8. The maximum absolute atomic E-state index is 11.6. The van der Waals surface area contributed by atoms with Gasteiger partial charge in [0.25, 0.3) is 5.91 Å². The van der Waals surface area contributed by atoms with Gasteiger partial charge in [-0.2, -0.15) is 0 Å². The molecule has 1 amide bonds. The van der Waals surface area contributed by atoms with Gasteiger partial charge in [-0.25, -0.2) is 4.79 Å². The molecule has 8 nitrogen and oxygen atoms in total. The van der Waals surface area contributed by atoms with Crippen LogP contribution in [0.15, 0.2) is 34.7 Å². The summed E-state index contributed by atoms with van der Waals surface area (Å²) in [5, 5.41) is 14.0. The van der Waals surface area contributed by atoms with E-state index in [9.17, 15) is 19.7 Å². The van der Waals surface area contributed by atoms with Crippen LogP contribution in [0.5, 0.6) is 0 Å². The lowest BCUT2D eigenvalue weighted by Gasteiger charge is -2.07. The van der Waals surface area contributed by atoms with Crippen LogP contribution in [0.1, 0.15) is 16.1 Å². The van der Waals surface area contributed by atoms with E-state index in [-0.39, 0.29) is 12.3 Å². The minimum absolute atomic E-state index is 0.282. The molecule has 10 heteroatoms. The summed E-state index contributed by atoms with van der Waals surface area (Å²) in [7, 11) is 0. The second kappa shape index (κ2) is 8.50. The van der Waals surface area contributed by atoms with E-state index in [0.717, 1.165) is 17.7 Å². The second-order valence-corrected chi connectivity index (χ2v) is 5.65. The quantitative estimate of drug-likeness (QED) is 0.444. The van der Waals surface area contributed by atoms with Gasteiger partial charge in [0.15, 0.2) is 6.61 Å². The molecule has 25 heavy (non-hydrogen) atoms. The Morgan fingerprint density at radius 3 is 2.64 bits per heavy atom. The van der Waals surface area contributed by atoms with Crippen LogP contribution in [-0.2, 0) is 16.0 Å². The summed E-state index contributed by atoms with van der Waals surface area (Å²) < 4.78 is 9.38. The predicted molar refractivity (Wildman–Crippen MR) is 88.8 cm³/mol. The van der Waals surface area contributed by atoms with Crippen molar-refractivity contribution < 1.29 is 23.7 Å². The molecule has 0 saturated heterocycles. The fourth-order valence-corrected chi connectivity index (χ4v) is 2.35. The number of halogens is 2. The zero-order chi connectivity index (χ0) is 18.4. The Morgan fingerprint density at radius 1 is 1.24 bits per heavy atom. The maximum atomic E-state index is 11.6. The Kier molecular flexibility index (Phi) is 6.37. The summed E-state index contributed by atoms with van der Waals surface area (Å²) in [5.74, 6) is -2.44. The zero-order valence-corrected chi connectivity index (χ0v) is 14.2. The molecule has 2 rings (SSSR count). The standard InChI is InChI=1S/C15H12Cl2N2O6/c16-10-2-1-9(11(17)7-10)5-6-18-13(20)8-24-15(21)12-3-4-14(25-12)19(22)23/h1-4,7H,5-6,8H2,(H,18,20). The van der Waals surface area contributed by atoms with Crippen LogP contribution in [0.4, 0.5) is 5.88 Å². The highest BCUT2D eigenvalue weighted by molar-refractivity contribution is 6.35. The average molecular weight is 387 g/mol. The van der Waals surface area contributed by atoms with E-state index in [1.807, 2.05) is 0 Å². The van der Waals surface area contributed by atoms with Crippen molar-refractivity contribution in [2.24, 2.45) is 0 Å². The minimum Gasteiger partial charge on any atom is -0.450 e. The van der Waals surface area contributed by atoms with Crippen LogP contribution in [-0.4, -0.2) is 30.0 Å². The van der Waals surface area contributed by atoms with Crippen molar-refractivity contribution in [1.29, 1.82) is 0 Å². The minimum atomic E-state index is -0.969. The largest absolute Gasteiger partial charge is 0.450 e. The number of benzene rings is 1. The van der Waals surface area contributed by atoms with Crippen LogP contribution in [0, 0.1) is 10.1 Å². The molecule has 0 atom stereocenters. The monoisotopic (exact) mass is 386 g/mol. The van der Waals surface area contributed by atoms with Crippen LogP contribution >= 0.6 is 23.2 Å². The molecular weight excluding hydrogens is 375 g/mol. The van der Waals surface area contributed by atoms with Gasteiger partial charge >= 0.3 is 11.9 Å². The lowest BCUT2D eigenvalue weighted by molar-refractivity contribution is -0.402. The number of furan rings is 1. The molecule has 0 radical (unpaired) electrons. The van der Waals surface area contributed by atoms with Crippen LogP contribution in [0.25, 0.3) is 0 Å². The number of nitrogens with zero attached hydrogens (tertiary/aromatic N) is 1. The zero-order valence-electron chi connectivity index (χ0n) is 12.7. The van der Waals surface area contributed by atoms with Gasteiger partial charge in [0, 0.05) is 16.6 Å². The van der Waals surface area contributed by atoms with E-state index in [1.54, 1.807) is 18.2 Å². The number of nitrogens with one attached hydrogen (secondary N) is 1. The number of esters is 1. The molecule has 1 heterocycles. The van der Waals surface area contributed by atoms with Crippen molar-refractivity contribution in [3.05, 3.63) is 61.8 Å². The van der Waals surface area contributed by atoms with E-state index in [1.165, 1.54) is 0 Å². The third kappa shape index (κ3) is 5.47. The smallest absolute Gasteiger partial charge is 0.433 e. The number of carbonyl (C=O) groups excluding carboxylic acids is 2. The van der Waals surface area contributed by atoms with Crippen LogP contribution in [0.2, 0.25) is 10.0 Å². The number of hydrogen-bond donors (Lipinski definition) is 1. The lowest BCUT2D eigenvalue weighted by atomic mass is 10.1. The maximum Gasteiger partial charge on any atom is 0.433 e. The van der Waals surface area contributed by atoms with Crippen molar-refractivity contribution in [2.75, 3.05) is 13.2 Å². The van der Waals surface area contributed by atoms with Crippen molar-refractivity contribution in [2.45, 2.75) is 6.42 Å². The molecule has 0 fully saturated rings. The first-order chi connectivity index (χ1) is 11.9. The molecule has 0 bridgehead atoms. The number of carbonyl (C=O) groups is 2. The van der Waals surface area contributed by atoms with E-state index in [0.29, 0.717) is 16.5 Å². The van der Waals surface area contributed by atoms with E-state index in [4.69, 9.17) is 27.9 Å². The van der Waals surface area contributed by atoms with Crippen molar-refractivity contribution in [3.63, 3.8) is 0 Å². The third-order valence-electron chi connectivity index (χ3n) is 3.04. The number of rotatable bonds is 7. The first-order valence-corrected chi connectivity index (χ1v) is 7.74. The molecule has 1 aromatic heterocycles. The molecule has 0 unspecified atom stereocenters. The highest BCUT2D eigenvalue weighted by Gasteiger charge is 2.19. The number of ether oxygens (including phenoxy) is 1. The van der Waals surface area contributed by atoms with Gasteiger partial charge in [-0.1, -0.05) is 29.3 Å². The first kappa shape index (κ1) is 18.8. The topological polar surface area (TPSA) is 112 Å². The molecular formula is C15H12Cl2N2O6. The van der Waals surface area contributed by atoms with Crippen molar-refractivity contribution in [1.82, 2.24) is 5.32 Å². The SMILES string of the molecule is O=C(COC(=O)c1ccc([N+](=O)[O-])o1)NCCc1ccc(Cl)cc1Cl. The van der Waals surface area contributed by atoms with Gasteiger partial charge in [0.1, 0.15) is 4.92 Å². The number of hydrogen-bond acceptors (Lipinski definition) is 6. The van der Waals surface area contributed by atoms with Crippen molar-refractivity contribution >= 4 is 41.0 Å². The second-order valence-electron chi connectivity index (χ2n) is 4.81. The van der Waals surface area contributed by atoms with E-state index in [2.05, 4.69) is 9.73 Å². The van der Waals surface area contributed by atoms with Gasteiger partial charge in [0.05, 0.1) is 6.07 Å². The molecule has 2 aromatic rings. The van der Waals surface area contributed by atoms with Crippen LogP contribution < -0.4 is 5.32 Å². The van der Waals surface area contributed by atoms with E-state index >= 15 is 0 Å². The Bertz CT molecular complexity index is 805. The average Bonchev–Trinajstić information content (AvgIpc) is 3.05. The third-order valence-corrected chi connectivity index (χ3v) is 3.63. The highest BCUT2D eigenvalue weighted by Crippen LogP contribution is 2.21. The molecule has 0 aliphatic heterocycles. The Balaban J connectivity index is 1.74. The van der Waals surface area contributed by atoms with Crippen LogP contribution in [0.3, 0.4) is 0 Å². The van der Waals surface area contributed by atoms with Gasteiger partial charge < -0.3 is 14.5 Å². The molecule has 1 aromatic carbocycles. The normalized spacial score (nSPS) is 10.3. The molecule has 0 spiro atoms. The van der Waals surface area contributed by atoms with Gasteiger partial charge in [-0.15, -0.1) is 0 Å². The van der Waals surface area contributed by atoms with Gasteiger partial charge in [0.2, 0.25) is 5.76 Å². The molecule has 0 saturated carbocycles. The summed E-state index contributed by atoms with van der Waals surface area (Å²) in [5.41, 5.74) is 0.811. The molecule has 132 valence electrons. The summed E-state index contributed by atoms with van der Waals surface area (Å²) in [6, 6.07) is 7.16. The fourth-order valence-electron chi connectivity index (χ4n) is 1.85. The predicted octanol–water partition coefficient (Wildman–Crippen LogP) is 3.01. The molecule has 0 aliphatic carbocycles. The Hall–Kier alpha value is -2.58. The lowest BCUT2D eigenvalue weighted by Crippen LogP contribution is -2.30. The van der Waals surface area contributed by atoms with Gasteiger partial charge in [-0.3, -0.25) is 14.9 Å². The Labute approximate surface area is 151 Å². The van der Waals surface area contributed by atoms with E-state index < -0.39 is 29.3 Å². The number of nitro groups is 1. The summed E-state index contributed by atoms with van der Waals surface area (Å²) in [6.45, 7) is -0.258. The number of amides is 1. The fraction of sp³-hybridized carbons (Fsp3) is 0.200.